The lowest BCUT2D eigenvalue weighted by molar-refractivity contribution is -0.386. The Bertz CT molecular complexity index is 560. The molecule has 0 spiro atoms. The Labute approximate surface area is 111 Å². The Morgan fingerprint density at radius 3 is 2.71 bits per heavy atom. The Kier molecular flexibility index (Phi) is 3.52. The van der Waals surface area contributed by atoms with Crippen LogP contribution in [0.4, 0.5) is 5.69 Å². The molecule has 2 aromatic rings. The lowest BCUT2D eigenvalue weighted by Gasteiger charge is -2.07. The molecule has 6 heteroatoms. The molecule has 17 heavy (non-hydrogen) atoms. The van der Waals surface area contributed by atoms with Crippen LogP contribution in [0.15, 0.2) is 42.7 Å². The molecule has 0 bridgehead atoms. The third-order valence-electron chi connectivity index (χ3n) is 2.01. The van der Waals surface area contributed by atoms with Gasteiger partial charge < -0.3 is 4.74 Å². The van der Waals surface area contributed by atoms with Gasteiger partial charge in [0, 0.05) is 12.3 Å². The van der Waals surface area contributed by atoms with Crippen LogP contribution in [0.3, 0.4) is 0 Å². The smallest absolute Gasteiger partial charge is 0.329 e. The maximum absolute atomic E-state index is 10.8. The number of halogens is 1. The van der Waals surface area contributed by atoms with E-state index in [9.17, 15) is 10.1 Å². The Morgan fingerprint density at radius 1 is 1.24 bits per heavy atom. The van der Waals surface area contributed by atoms with Crippen LogP contribution in [0.5, 0.6) is 11.5 Å². The van der Waals surface area contributed by atoms with Crippen LogP contribution >= 0.6 is 22.6 Å². The number of rotatable bonds is 3. The van der Waals surface area contributed by atoms with Crippen molar-refractivity contribution >= 4 is 28.3 Å². The molecule has 0 radical (unpaired) electrons. The SMILES string of the molecule is O=[N+]([O-])c1cnccc1Oc1ccccc1I. The van der Waals surface area contributed by atoms with Gasteiger partial charge in [0.2, 0.25) is 5.75 Å². The quantitative estimate of drug-likeness (QED) is 0.487. The first-order valence-corrected chi connectivity index (χ1v) is 5.77. The van der Waals surface area contributed by atoms with Crippen LogP contribution < -0.4 is 4.74 Å². The standard InChI is InChI=1S/C11H7IN2O3/c12-8-3-1-2-4-10(8)17-11-5-6-13-7-9(11)14(15)16/h1-7H. The first-order chi connectivity index (χ1) is 8.18. The maximum atomic E-state index is 10.8. The van der Waals surface area contributed by atoms with E-state index in [1.807, 2.05) is 18.2 Å². The van der Waals surface area contributed by atoms with E-state index < -0.39 is 4.92 Å². The molecule has 0 amide bonds. The second-order valence-corrected chi connectivity index (χ2v) is 4.30. The van der Waals surface area contributed by atoms with E-state index in [1.54, 1.807) is 6.07 Å². The van der Waals surface area contributed by atoms with Gasteiger partial charge in [0.05, 0.1) is 8.49 Å². The zero-order valence-corrected chi connectivity index (χ0v) is 10.7. The van der Waals surface area contributed by atoms with Gasteiger partial charge in [-0.3, -0.25) is 15.1 Å². The molecule has 0 atom stereocenters. The molecule has 0 unspecified atom stereocenters. The Morgan fingerprint density at radius 2 is 2.00 bits per heavy atom. The predicted octanol–water partition coefficient (Wildman–Crippen LogP) is 3.39. The molecule has 0 N–H and O–H groups in total. The number of hydrogen-bond acceptors (Lipinski definition) is 4. The molecule has 0 aliphatic rings. The van der Waals surface area contributed by atoms with Crippen LogP contribution in [0.2, 0.25) is 0 Å². The van der Waals surface area contributed by atoms with Crippen molar-refractivity contribution in [1.29, 1.82) is 0 Å². The normalized spacial score (nSPS) is 9.94. The zero-order valence-electron chi connectivity index (χ0n) is 8.54. The molecule has 0 fully saturated rings. The van der Waals surface area contributed by atoms with Crippen LogP contribution in [0.25, 0.3) is 0 Å². The summed E-state index contributed by atoms with van der Waals surface area (Å²) in [4.78, 5) is 14.0. The van der Waals surface area contributed by atoms with E-state index in [-0.39, 0.29) is 11.4 Å². The summed E-state index contributed by atoms with van der Waals surface area (Å²) >= 11 is 2.11. The molecule has 5 nitrogen and oxygen atoms in total. The highest BCUT2D eigenvalue weighted by atomic mass is 127. The van der Waals surface area contributed by atoms with E-state index in [2.05, 4.69) is 27.6 Å². The summed E-state index contributed by atoms with van der Waals surface area (Å²) in [5, 5.41) is 10.8. The molecular formula is C11H7IN2O3. The minimum Gasteiger partial charge on any atom is -0.449 e. The van der Waals surface area contributed by atoms with E-state index >= 15 is 0 Å². The molecule has 1 aromatic heterocycles. The summed E-state index contributed by atoms with van der Waals surface area (Å²) in [5.74, 6) is 0.775. The topological polar surface area (TPSA) is 65.3 Å². The molecular weight excluding hydrogens is 335 g/mol. The van der Waals surface area contributed by atoms with Gasteiger partial charge in [0.25, 0.3) is 0 Å². The maximum Gasteiger partial charge on any atom is 0.329 e. The summed E-state index contributed by atoms with van der Waals surface area (Å²) in [7, 11) is 0. The fraction of sp³-hybridized carbons (Fsp3) is 0. The third-order valence-corrected chi connectivity index (χ3v) is 2.91. The number of para-hydroxylation sites is 1. The predicted molar refractivity (Wildman–Crippen MR) is 70.1 cm³/mol. The molecule has 0 aliphatic heterocycles. The van der Waals surface area contributed by atoms with Crippen LogP contribution in [-0.2, 0) is 0 Å². The molecule has 86 valence electrons. The van der Waals surface area contributed by atoms with Gasteiger partial charge in [-0.1, -0.05) is 12.1 Å². The van der Waals surface area contributed by atoms with Crippen LogP contribution in [0.1, 0.15) is 0 Å². The number of aromatic nitrogens is 1. The van der Waals surface area contributed by atoms with Crippen molar-refractivity contribution in [2.75, 3.05) is 0 Å². The van der Waals surface area contributed by atoms with E-state index in [0.717, 1.165) is 3.57 Å². The van der Waals surface area contributed by atoms with Crippen molar-refractivity contribution in [1.82, 2.24) is 4.98 Å². The fourth-order valence-electron chi connectivity index (χ4n) is 1.24. The first kappa shape index (κ1) is 11.8. The van der Waals surface area contributed by atoms with Crippen molar-refractivity contribution in [2.45, 2.75) is 0 Å². The molecule has 2 rings (SSSR count). The highest BCUT2D eigenvalue weighted by molar-refractivity contribution is 14.1. The molecule has 1 heterocycles. The van der Waals surface area contributed by atoms with Crippen molar-refractivity contribution in [3.05, 3.63) is 56.4 Å². The third kappa shape index (κ3) is 2.70. The average molecular weight is 342 g/mol. The molecule has 0 saturated carbocycles. The van der Waals surface area contributed by atoms with Crippen molar-refractivity contribution in [3.8, 4) is 11.5 Å². The lowest BCUT2D eigenvalue weighted by atomic mass is 10.3. The molecule has 0 aliphatic carbocycles. The average Bonchev–Trinajstić information content (AvgIpc) is 2.32. The van der Waals surface area contributed by atoms with Crippen molar-refractivity contribution in [2.24, 2.45) is 0 Å². The Hall–Kier alpha value is -1.70. The summed E-state index contributed by atoms with van der Waals surface area (Å²) < 4.78 is 6.40. The second-order valence-electron chi connectivity index (χ2n) is 3.13. The molecule has 0 saturated heterocycles. The first-order valence-electron chi connectivity index (χ1n) is 4.69. The number of nitro groups is 1. The van der Waals surface area contributed by atoms with Gasteiger partial charge in [-0.2, -0.15) is 0 Å². The summed E-state index contributed by atoms with van der Waals surface area (Å²) in [5.41, 5.74) is -0.146. The summed E-state index contributed by atoms with van der Waals surface area (Å²) in [6.45, 7) is 0. The summed E-state index contributed by atoms with van der Waals surface area (Å²) in [6, 6.07) is 8.77. The van der Waals surface area contributed by atoms with Gasteiger partial charge in [-0.25, -0.2) is 0 Å². The molecule has 1 aromatic carbocycles. The van der Waals surface area contributed by atoms with Gasteiger partial charge in [0.15, 0.2) is 0 Å². The van der Waals surface area contributed by atoms with Gasteiger partial charge >= 0.3 is 5.69 Å². The monoisotopic (exact) mass is 342 g/mol. The second kappa shape index (κ2) is 5.09. The van der Waals surface area contributed by atoms with Crippen molar-refractivity contribution < 1.29 is 9.66 Å². The van der Waals surface area contributed by atoms with E-state index in [4.69, 9.17) is 4.74 Å². The van der Waals surface area contributed by atoms with E-state index in [0.29, 0.717) is 5.75 Å². The number of nitrogens with zero attached hydrogens (tertiary/aromatic N) is 2. The highest BCUT2D eigenvalue weighted by Gasteiger charge is 2.16. The van der Waals surface area contributed by atoms with Crippen LogP contribution in [-0.4, -0.2) is 9.91 Å². The largest absolute Gasteiger partial charge is 0.449 e. The number of hydrogen-bond donors (Lipinski definition) is 0. The minimum atomic E-state index is -0.516. The van der Waals surface area contributed by atoms with Crippen LogP contribution in [0, 0.1) is 13.7 Å². The zero-order chi connectivity index (χ0) is 12.3. The van der Waals surface area contributed by atoms with E-state index in [1.165, 1.54) is 18.5 Å². The Balaban J connectivity index is 2.37. The minimum absolute atomic E-state index is 0.146. The highest BCUT2D eigenvalue weighted by Crippen LogP contribution is 2.32. The van der Waals surface area contributed by atoms with Crippen molar-refractivity contribution in [3.63, 3.8) is 0 Å². The lowest BCUT2D eigenvalue weighted by Crippen LogP contribution is -1.94. The fourth-order valence-corrected chi connectivity index (χ4v) is 1.74. The van der Waals surface area contributed by atoms with Gasteiger partial charge in [0.1, 0.15) is 11.9 Å². The number of ether oxygens (including phenoxy) is 1. The van der Waals surface area contributed by atoms with Gasteiger partial charge in [-0.05, 0) is 34.7 Å². The summed E-state index contributed by atoms with van der Waals surface area (Å²) in [6.07, 6.45) is 2.63. The van der Waals surface area contributed by atoms with Gasteiger partial charge in [-0.15, -0.1) is 0 Å². The number of benzene rings is 1. The number of pyridine rings is 1.